The van der Waals surface area contributed by atoms with Gasteiger partial charge in [0.2, 0.25) is 0 Å². The lowest BCUT2D eigenvalue weighted by molar-refractivity contribution is 0.714. The summed E-state index contributed by atoms with van der Waals surface area (Å²) in [5.41, 5.74) is 17.9. The van der Waals surface area contributed by atoms with Gasteiger partial charge in [-0.3, -0.25) is 0 Å². The Morgan fingerprint density at radius 2 is 0.857 bits per heavy atom. The van der Waals surface area contributed by atoms with Crippen LogP contribution in [-0.2, 0) is 5.41 Å². The van der Waals surface area contributed by atoms with Crippen LogP contribution in [0.1, 0.15) is 23.6 Å². The Bertz CT molecular complexity index is 3500. The molecule has 1 atom stereocenters. The van der Waals surface area contributed by atoms with Crippen LogP contribution in [0, 0.1) is 0 Å². The monoisotopic (exact) mass is 820 g/mol. The van der Waals surface area contributed by atoms with Crippen LogP contribution >= 0.6 is 11.3 Å². The molecular formula is C60H40N2S. The molecule has 0 radical (unpaired) electrons. The molecule has 0 saturated heterocycles. The van der Waals surface area contributed by atoms with Gasteiger partial charge in [0.25, 0.3) is 0 Å². The molecule has 2 nitrogen and oxygen atoms in total. The molecule has 63 heavy (non-hydrogen) atoms. The molecule has 0 saturated carbocycles. The average molecular weight is 821 g/mol. The first-order chi connectivity index (χ1) is 31.1. The van der Waals surface area contributed by atoms with Crippen molar-refractivity contribution in [2.45, 2.75) is 12.3 Å². The van der Waals surface area contributed by atoms with Crippen LogP contribution in [0.25, 0.3) is 98.6 Å². The lowest BCUT2D eigenvalue weighted by atomic mass is 9.74. The maximum atomic E-state index is 5.38. The third-order valence-corrected chi connectivity index (χ3v) is 14.1. The highest BCUT2D eigenvalue weighted by Crippen LogP contribution is 2.53. The van der Waals surface area contributed by atoms with Crippen molar-refractivity contribution in [1.82, 2.24) is 9.97 Å². The van der Waals surface area contributed by atoms with Crippen molar-refractivity contribution >= 4 is 31.5 Å². The molecular weight excluding hydrogens is 781 g/mol. The Balaban J connectivity index is 1.05. The van der Waals surface area contributed by atoms with Crippen LogP contribution in [0.4, 0.5) is 0 Å². The Hall–Kier alpha value is -7.72. The van der Waals surface area contributed by atoms with Crippen molar-refractivity contribution in [3.05, 3.63) is 241 Å². The molecule has 11 aromatic rings. The van der Waals surface area contributed by atoms with E-state index in [2.05, 4.69) is 225 Å². The van der Waals surface area contributed by atoms with Crippen molar-refractivity contribution < 1.29 is 0 Å². The summed E-state index contributed by atoms with van der Waals surface area (Å²) in [6, 6.07) is 81.3. The number of rotatable bonds is 7. The predicted molar refractivity (Wildman–Crippen MR) is 265 cm³/mol. The summed E-state index contributed by atoms with van der Waals surface area (Å²) in [5, 5.41) is 2.57. The fraction of sp³-hybridized carbons (Fsp3) is 0.0333. The fourth-order valence-electron chi connectivity index (χ4n) is 9.69. The summed E-state index contributed by atoms with van der Waals surface area (Å²) in [5.74, 6) is 0.697. The van der Waals surface area contributed by atoms with Gasteiger partial charge in [-0.2, -0.15) is 0 Å². The first-order valence-corrected chi connectivity index (χ1v) is 22.4. The van der Waals surface area contributed by atoms with Crippen LogP contribution in [0.15, 0.2) is 224 Å². The summed E-state index contributed by atoms with van der Waals surface area (Å²) in [6.45, 7) is 2.37. The van der Waals surface area contributed by atoms with E-state index < -0.39 is 0 Å². The van der Waals surface area contributed by atoms with E-state index in [1.54, 1.807) is 0 Å². The van der Waals surface area contributed by atoms with Gasteiger partial charge in [0.05, 0.1) is 11.4 Å². The summed E-state index contributed by atoms with van der Waals surface area (Å²) in [6.07, 6.45) is 0. The molecule has 12 rings (SSSR count). The van der Waals surface area contributed by atoms with Gasteiger partial charge < -0.3 is 0 Å². The third kappa shape index (κ3) is 6.40. The molecule has 0 aliphatic heterocycles. The van der Waals surface area contributed by atoms with E-state index in [9.17, 15) is 0 Å². The minimum Gasteiger partial charge on any atom is -0.228 e. The highest BCUT2D eigenvalue weighted by Gasteiger charge is 2.40. The molecule has 1 aliphatic rings. The highest BCUT2D eigenvalue weighted by atomic mass is 32.1. The summed E-state index contributed by atoms with van der Waals surface area (Å²) in [4.78, 5) is 10.7. The molecule has 9 aromatic carbocycles. The van der Waals surface area contributed by atoms with Gasteiger partial charge in [0.15, 0.2) is 5.82 Å². The lowest BCUT2D eigenvalue weighted by Gasteiger charge is -2.28. The van der Waals surface area contributed by atoms with Gasteiger partial charge in [-0.25, -0.2) is 9.97 Å². The van der Waals surface area contributed by atoms with Crippen LogP contribution < -0.4 is 0 Å². The minimum atomic E-state index is -0.324. The minimum absolute atomic E-state index is 0.324. The van der Waals surface area contributed by atoms with Crippen LogP contribution in [-0.4, -0.2) is 9.97 Å². The van der Waals surface area contributed by atoms with Gasteiger partial charge in [-0.15, -0.1) is 11.3 Å². The van der Waals surface area contributed by atoms with E-state index in [1.807, 2.05) is 17.4 Å². The molecule has 1 unspecified atom stereocenters. The number of thiophene rings is 1. The second-order valence-electron chi connectivity index (χ2n) is 16.7. The molecule has 2 aromatic heterocycles. The Labute approximate surface area is 371 Å². The first kappa shape index (κ1) is 37.1. The SMILES string of the molecule is CC1(c2ccccc2)c2ccccc2-c2ccc(-c3cc(-c4cc(-c5ccc(-c6ccccc6)cc5)cc(-c5ccc6sc7ccccc7c6c5)c4)nc(-c4ccccc4)n3)cc21. The summed E-state index contributed by atoms with van der Waals surface area (Å²) < 4.78 is 2.60. The van der Waals surface area contributed by atoms with E-state index in [-0.39, 0.29) is 5.41 Å². The molecule has 3 heteroatoms. The van der Waals surface area contributed by atoms with Gasteiger partial charge in [-0.05, 0) is 117 Å². The van der Waals surface area contributed by atoms with Gasteiger partial charge in [0, 0.05) is 42.3 Å². The van der Waals surface area contributed by atoms with Gasteiger partial charge in [-0.1, -0.05) is 176 Å². The van der Waals surface area contributed by atoms with Crippen molar-refractivity contribution in [3.63, 3.8) is 0 Å². The van der Waals surface area contributed by atoms with Gasteiger partial charge in [0.1, 0.15) is 0 Å². The largest absolute Gasteiger partial charge is 0.228 e. The zero-order chi connectivity index (χ0) is 41.9. The number of hydrogen-bond donors (Lipinski definition) is 0. The standard InChI is InChI=1S/C60H40N2S/c1-60(48-19-9-4-10-20-48)53-23-13-11-21-49(53)50-31-29-44(37-54(50)60)55-38-56(62-59(61-55)42-17-7-3-8-18-42)47-34-45(41-27-25-40(26-28-41)39-15-5-2-6-16-39)33-46(35-47)43-30-32-58-52(36-43)51-22-12-14-24-57(51)63-58/h2-38H,1H3. The highest BCUT2D eigenvalue weighted by molar-refractivity contribution is 7.25. The molecule has 0 N–H and O–H groups in total. The maximum absolute atomic E-state index is 5.38. The van der Waals surface area contributed by atoms with E-state index in [0.29, 0.717) is 5.82 Å². The number of fused-ring (bicyclic) bond motifs is 6. The quantitative estimate of drug-likeness (QED) is 0.160. The first-order valence-electron chi connectivity index (χ1n) is 21.5. The van der Waals surface area contributed by atoms with Crippen molar-refractivity contribution in [3.8, 4) is 78.4 Å². The normalized spacial score (nSPS) is 14.2. The van der Waals surface area contributed by atoms with Crippen LogP contribution in [0.3, 0.4) is 0 Å². The second-order valence-corrected chi connectivity index (χ2v) is 17.8. The van der Waals surface area contributed by atoms with Crippen molar-refractivity contribution in [2.75, 3.05) is 0 Å². The molecule has 0 bridgehead atoms. The topological polar surface area (TPSA) is 25.8 Å². The van der Waals surface area contributed by atoms with E-state index >= 15 is 0 Å². The van der Waals surface area contributed by atoms with Crippen molar-refractivity contribution in [2.24, 2.45) is 0 Å². The summed E-state index contributed by atoms with van der Waals surface area (Å²) in [7, 11) is 0. The third-order valence-electron chi connectivity index (χ3n) is 13.0. The van der Waals surface area contributed by atoms with E-state index in [0.717, 1.165) is 44.8 Å². The smallest absolute Gasteiger partial charge is 0.160 e. The molecule has 1 aliphatic carbocycles. The van der Waals surface area contributed by atoms with Gasteiger partial charge >= 0.3 is 0 Å². The molecule has 296 valence electrons. The number of nitrogens with zero attached hydrogens (tertiary/aromatic N) is 2. The van der Waals surface area contributed by atoms with Crippen LogP contribution in [0.5, 0.6) is 0 Å². The van der Waals surface area contributed by atoms with Crippen LogP contribution in [0.2, 0.25) is 0 Å². The number of aromatic nitrogens is 2. The zero-order valence-electron chi connectivity index (χ0n) is 34.7. The molecule has 0 fully saturated rings. The predicted octanol–water partition coefficient (Wildman–Crippen LogP) is 16.2. The maximum Gasteiger partial charge on any atom is 0.160 e. The average Bonchev–Trinajstić information content (AvgIpc) is 3.87. The molecule has 2 heterocycles. The molecule has 0 spiro atoms. The Morgan fingerprint density at radius 1 is 0.333 bits per heavy atom. The van der Waals surface area contributed by atoms with E-state index in [4.69, 9.17) is 9.97 Å². The van der Waals surface area contributed by atoms with Crippen molar-refractivity contribution in [1.29, 1.82) is 0 Å². The van der Waals surface area contributed by atoms with E-state index in [1.165, 1.54) is 64.7 Å². The zero-order valence-corrected chi connectivity index (χ0v) is 35.5. The number of hydrogen-bond acceptors (Lipinski definition) is 3. The fourth-order valence-corrected chi connectivity index (χ4v) is 10.8. The lowest BCUT2D eigenvalue weighted by Crippen LogP contribution is -2.22. The summed E-state index contributed by atoms with van der Waals surface area (Å²) >= 11 is 1.85. The number of benzene rings is 9. The molecule has 0 amide bonds. The Morgan fingerprint density at radius 3 is 1.62 bits per heavy atom. The Kier molecular flexibility index (Phi) is 8.84. The second kappa shape index (κ2) is 15.0.